The third-order valence-electron chi connectivity index (χ3n) is 1.71. The molecular formula is C9H10ClFO. The highest BCUT2D eigenvalue weighted by Crippen LogP contribution is 2.29. The number of halogens is 2. The fraction of sp³-hybridized carbons (Fsp3) is 0.333. The van der Waals surface area contributed by atoms with E-state index in [0.717, 1.165) is 0 Å². The average molecular weight is 189 g/mol. The first-order chi connectivity index (χ1) is 5.70. The van der Waals surface area contributed by atoms with Crippen molar-refractivity contribution < 1.29 is 9.13 Å². The number of hydrogen-bond donors (Lipinski definition) is 0. The van der Waals surface area contributed by atoms with Gasteiger partial charge < -0.3 is 4.74 Å². The molecule has 0 N–H and O–H groups in total. The summed E-state index contributed by atoms with van der Waals surface area (Å²) in [5.41, 5.74) is 0.622. The first-order valence-corrected chi connectivity index (χ1v) is 4.09. The number of ether oxygens (including phenoxy) is 1. The minimum absolute atomic E-state index is 0.135. The molecule has 0 bridgehead atoms. The Bertz CT molecular complexity index is 286. The molecule has 0 unspecified atom stereocenters. The standard InChI is InChI=1S/C9H10ClFO/c1-3-6-4-5-7(10)9(12-2)8(6)11/h4-5H,3H2,1-2H3. The van der Waals surface area contributed by atoms with Gasteiger partial charge in [0.15, 0.2) is 11.6 Å². The lowest BCUT2D eigenvalue weighted by atomic mass is 10.1. The van der Waals surface area contributed by atoms with Gasteiger partial charge in [0.1, 0.15) is 0 Å². The number of rotatable bonds is 2. The molecule has 0 saturated heterocycles. The molecule has 1 nitrogen and oxygen atoms in total. The van der Waals surface area contributed by atoms with Crippen LogP contribution in [0.2, 0.25) is 5.02 Å². The second kappa shape index (κ2) is 3.76. The van der Waals surface area contributed by atoms with Crippen LogP contribution in [0.4, 0.5) is 4.39 Å². The third kappa shape index (κ3) is 1.53. The van der Waals surface area contributed by atoms with Gasteiger partial charge in [0.2, 0.25) is 0 Å². The second-order valence-corrected chi connectivity index (χ2v) is 2.81. The van der Waals surface area contributed by atoms with Gasteiger partial charge in [-0.25, -0.2) is 4.39 Å². The van der Waals surface area contributed by atoms with Crippen LogP contribution < -0.4 is 4.74 Å². The van der Waals surface area contributed by atoms with E-state index in [2.05, 4.69) is 0 Å². The zero-order chi connectivity index (χ0) is 9.14. The van der Waals surface area contributed by atoms with Crippen molar-refractivity contribution in [2.24, 2.45) is 0 Å². The van der Waals surface area contributed by atoms with Crippen LogP contribution in [-0.4, -0.2) is 7.11 Å². The highest BCUT2D eigenvalue weighted by Gasteiger charge is 2.10. The van der Waals surface area contributed by atoms with Gasteiger partial charge in [0.25, 0.3) is 0 Å². The fourth-order valence-corrected chi connectivity index (χ4v) is 1.26. The Morgan fingerprint density at radius 1 is 1.50 bits per heavy atom. The third-order valence-corrected chi connectivity index (χ3v) is 2.01. The molecule has 3 heteroatoms. The average Bonchev–Trinajstić information content (AvgIpc) is 2.06. The predicted molar refractivity (Wildman–Crippen MR) is 47.3 cm³/mol. The Morgan fingerprint density at radius 2 is 2.17 bits per heavy atom. The van der Waals surface area contributed by atoms with Gasteiger partial charge in [0.05, 0.1) is 12.1 Å². The Morgan fingerprint density at radius 3 is 2.67 bits per heavy atom. The first kappa shape index (κ1) is 9.33. The molecule has 1 rings (SSSR count). The van der Waals surface area contributed by atoms with Crippen molar-refractivity contribution in [1.29, 1.82) is 0 Å². The molecule has 0 heterocycles. The summed E-state index contributed by atoms with van der Waals surface area (Å²) >= 11 is 5.69. The topological polar surface area (TPSA) is 9.23 Å². The quantitative estimate of drug-likeness (QED) is 0.693. The maximum absolute atomic E-state index is 13.3. The molecule has 66 valence electrons. The lowest BCUT2D eigenvalue weighted by Gasteiger charge is -2.06. The summed E-state index contributed by atoms with van der Waals surface area (Å²) in [6.07, 6.45) is 0.638. The normalized spacial score (nSPS) is 10.0. The van der Waals surface area contributed by atoms with E-state index in [4.69, 9.17) is 16.3 Å². The zero-order valence-electron chi connectivity index (χ0n) is 7.03. The highest BCUT2D eigenvalue weighted by molar-refractivity contribution is 6.32. The van der Waals surface area contributed by atoms with Gasteiger partial charge in [-0.1, -0.05) is 24.6 Å². The van der Waals surface area contributed by atoms with Crippen molar-refractivity contribution >= 4 is 11.6 Å². The van der Waals surface area contributed by atoms with Crippen LogP contribution in [0.5, 0.6) is 5.75 Å². The maximum Gasteiger partial charge on any atom is 0.173 e. The van der Waals surface area contributed by atoms with Crippen LogP contribution in [0.3, 0.4) is 0 Å². The maximum atomic E-state index is 13.3. The number of aryl methyl sites for hydroxylation is 1. The molecule has 0 saturated carbocycles. The van der Waals surface area contributed by atoms with Crippen LogP contribution in [0, 0.1) is 5.82 Å². The molecule has 0 aliphatic rings. The molecule has 0 aliphatic carbocycles. The van der Waals surface area contributed by atoms with Crippen molar-refractivity contribution in [3.05, 3.63) is 28.5 Å². The number of hydrogen-bond acceptors (Lipinski definition) is 1. The van der Waals surface area contributed by atoms with Gasteiger partial charge in [-0.15, -0.1) is 0 Å². The zero-order valence-corrected chi connectivity index (χ0v) is 7.78. The Labute approximate surface area is 76.1 Å². The number of methoxy groups -OCH3 is 1. The summed E-state index contributed by atoms with van der Waals surface area (Å²) in [7, 11) is 1.41. The summed E-state index contributed by atoms with van der Waals surface area (Å²) in [5.74, 6) is -0.219. The summed E-state index contributed by atoms with van der Waals surface area (Å²) in [5, 5.41) is 0.312. The van der Waals surface area contributed by atoms with E-state index >= 15 is 0 Å². The van der Waals surface area contributed by atoms with E-state index in [1.54, 1.807) is 12.1 Å². The van der Waals surface area contributed by atoms with E-state index in [1.165, 1.54) is 7.11 Å². The van der Waals surface area contributed by atoms with E-state index < -0.39 is 0 Å². The lowest BCUT2D eigenvalue weighted by Crippen LogP contribution is -1.94. The lowest BCUT2D eigenvalue weighted by molar-refractivity contribution is 0.384. The smallest absolute Gasteiger partial charge is 0.173 e. The van der Waals surface area contributed by atoms with E-state index in [-0.39, 0.29) is 11.6 Å². The molecular weight excluding hydrogens is 179 g/mol. The molecule has 1 aromatic carbocycles. The van der Waals surface area contributed by atoms with Crippen LogP contribution in [0.15, 0.2) is 12.1 Å². The van der Waals surface area contributed by atoms with Crippen molar-refractivity contribution in [2.45, 2.75) is 13.3 Å². The van der Waals surface area contributed by atoms with Crippen LogP contribution in [0.25, 0.3) is 0 Å². The fourth-order valence-electron chi connectivity index (χ4n) is 1.03. The van der Waals surface area contributed by atoms with E-state index in [1.807, 2.05) is 6.92 Å². The van der Waals surface area contributed by atoms with E-state index in [9.17, 15) is 4.39 Å². The molecule has 0 atom stereocenters. The monoisotopic (exact) mass is 188 g/mol. The summed E-state index contributed by atoms with van der Waals surface area (Å²) in [4.78, 5) is 0. The molecule has 0 spiro atoms. The van der Waals surface area contributed by atoms with Gasteiger partial charge in [-0.2, -0.15) is 0 Å². The number of benzene rings is 1. The van der Waals surface area contributed by atoms with Crippen LogP contribution in [0.1, 0.15) is 12.5 Å². The molecule has 12 heavy (non-hydrogen) atoms. The molecule has 0 radical (unpaired) electrons. The van der Waals surface area contributed by atoms with Gasteiger partial charge in [0, 0.05) is 0 Å². The Hall–Kier alpha value is -0.760. The molecule has 0 amide bonds. The second-order valence-electron chi connectivity index (χ2n) is 2.41. The Kier molecular flexibility index (Phi) is 2.93. The van der Waals surface area contributed by atoms with E-state index in [0.29, 0.717) is 17.0 Å². The van der Waals surface area contributed by atoms with Crippen molar-refractivity contribution in [3.8, 4) is 5.75 Å². The first-order valence-electron chi connectivity index (χ1n) is 3.71. The minimum Gasteiger partial charge on any atom is -0.492 e. The van der Waals surface area contributed by atoms with Crippen molar-refractivity contribution in [3.63, 3.8) is 0 Å². The summed E-state index contributed by atoms with van der Waals surface area (Å²) < 4.78 is 18.1. The molecule has 0 aliphatic heterocycles. The molecule has 1 aromatic rings. The summed E-state index contributed by atoms with van der Waals surface area (Å²) in [6.45, 7) is 1.88. The molecule has 0 fully saturated rings. The predicted octanol–water partition coefficient (Wildman–Crippen LogP) is 3.05. The van der Waals surface area contributed by atoms with Gasteiger partial charge in [-0.05, 0) is 18.1 Å². The summed E-state index contributed by atoms with van der Waals surface area (Å²) in [6, 6.07) is 3.31. The van der Waals surface area contributed by atoms with Crippen molar-refractivity contribution in [1.82, 2.24) is 0 Å². The van der Waals surface area contributed by atoms with Gasteiger partial charge in [-0.3, -0.25) is 0 Å². The highest BCUT2D eigenvalue weighted by atomic mass is 35.5. The minimum atomic E-state index is -0.354. The van der Waals surface area contributed by atoms with Crippen LogP contribution >= 0.6 is 11.6 Å². The van der Waals surface area contributed by atoms with Crippen molar-refractivity contribution in [2.75, 3.05) is 7.11 Å². The molecule has 0 aromatic heterocycles. The SMILES string of the molecule is CCc1ccc(Cl)c(OC)c1F. The van der Waals surface area contributed by atoms with Gasteiger partial charge >= 0.3 is 0 Å². The van der Waals surface area contributed by atoms with Crippen LogP contribution in [-0.2, 0) is 6.42 Å². The Balaban J connectivity index is 3.24. The largest absolute Gasteiger partial charge is 0.492 e.